The minimum atomic E-state index is -0.00957. The monoisotopic (exact) mass is 909 g/mol. The first kappa shape index (κ1) is 45.1. The lowest BCUT2D eigenvalue weighted by Gasteiger charge is -2.48. The van der Waals surface area contributed by atoms with Crippen LogP contribution in [0.3, 0.4) is 0 Å². The lowest BCUT2D eigenvalue weighted by molar-refractivity contribution is 0.332. The molecule has 4 aliphatic carbocycles. The molecule has 3 heteroatoms. The maximum absolute atomic E-state index is 2.78. The van der Waals surface area contributed by atoms with E-state index in [9.17, 15) is 0 Å². The van der Waals surface area contributed by atoms with Crippen LogP contribution in [-0.2, 0) is 58.2 Å². The summed E-state index contributed by atoms with van der Waals surface area (Å²) in [5, 5.41) is 0. The zero-order valence-corrected chi connectivity index (χ0v) is 44.7. The van der Waals surface area contributed by atoms with E-state index in [0.717, 1.165) is 0 Å². The van der Waals surface area contributed by atoms with Crippen LogP contribution < -0.4 is 26.2 Å². The number of fused-ring (bicyclic) bond motifs is 8. The van der Waals surface area contributed by atoms with Crippen molar-refractivity contribution < 1.29 is 0 Å². The summed E-state index contributed by atoms with van der Waals surface area (Å²) in [5.41, 5.74) is 30.9. The van der Waals surface area contributed by atoms with E-state index < -0.39 is 0 Å². The summed E-state index contributed by atoms with van der Waals surface area (Å²) in [4.78, 5) is 5.47. The fraction of sp³-hybridized carbons (Fsp3) is 0.455. The standard InChI is InChI=1S/C66H77BN2/c1-61(2,3)43-21-24-45(25-22-43)68-55-28-23-44(62(4,5)6)36-53(55)67-54-38-51-52(66(13,14)32-31-65(51,11)12)39-56(54)69(46-26-27-49-50(37-46)64(9,10)30-29-63(49,7)8)58-35-42(34-57(68)60(58)67)59-47-19-15-17-40(47)33-41-18-16-20-48(41)59/h21-28,33-39H,15-20,29-32H2,1-14H3. The number of aryl methyl sites for hydroxylation is 2. The van der Waals surface area contributed by atoms with Crippen LogP contribution in [0, 0.1) is 0 Å². The Kier molecular flexibility index (Phi) is 9.67. The Balaban J connectivity index is 1.24. The van der Waals surface area contributed by atoms with Crippen molar-refractivity contribution in [3.63, 3.8) is 0 Å². The fourth-order valence-electron chi connectivity index (χ4n) is 14.2. The second kappa shape index (κ2) is 14.8. The summed E-state index contributed by atoms with van der Waals surface area (Å²) in [6, 6.07) is 38.3. The van der Waals surface area contributed by atoms with Crippen molar-refractivity contribution in [1.29, 1.82) is 0 Å². The summed E-state index contributed by atoms with van der Waals surface area (Å²) in [6.07, 6.45) is 12.0. The van der Waals surface area contributed by atoms with Crippen molar-refractivity contribution in [1.82, 2.24) is 0 Å². The van der Waals surface area contributed by atoms with Crippen molar-refractivity contribution in [2.75, 3.05) is 9.80 Å². The van der Waals surface area contributed by atoms with E-state index in [-0.39, 0.29) is 39.2 Å². The van der Waals surface area contributed by atoms with Gasteiger partial charge in [-0.15, -0.1) is 0 Å². The molecule has 0 aromatic heterocycles. The first-order chi connectivity index (χ1) is 32.4. The van der Waals surface area contributed by atoms with Gasteiger partial charge in [0.25, 0.3) is 6.71 Å². The van der Waals surface area contributed by atoms with Crippen LogP contribution in [0.4, 0.5) is 34.1 Å². The molecule has 6 aromatic carbocycles. The Bertz CT molecular complexity index is 3110. The smallest absolute Gasteiger partial charge is 0.252 e. The molecule has 0 spiro atoms. The highest BCUT2D eigenvalue weighted by Crippen LogP contribution is 2.54. The average molecular weight is 909 g/mol. The molecule has 2 heterocycles. The highest BCUT2D eigenvalue weighted by Gasteiger charge is 2.48. The third-order valence-corrected chi connectivity index (χ3v) is 18.8. The molecule has 0 fully saturated rings. The molecule has 0 radical (unpaired) electrons. The normalized spacial score (nSPS) is 19.8. The maximum Gasteiger partial charge on any atom is 0.252 e. The number of rotatable bonds is 3. The van der Waals surface area contributed by atoms with Crippen molar-refractivity contribution >= 4 is 57.2 Å². The molecule has 12 rings (SSSR count). The number of nitrogens with zero attached hydrogens (tertiary/aromatic N) is 2. The van der Waals surface area contributed by atoms with E-state index in [0.29, 0.717) is 0 Å². The van der Waals surface area contributed by atoms with Crippen LogP contribution in [0.15, 0.2) is 91.0 Å². The van der Waals surface area contributed by atoms with Gasteiger partial charge < -0.3 is 9.80 Å². The van der Waals surface area contributed by atoms with Gasteiger partial charge in [0.05, 0.1) is 0 Å². The van der Waals surface area contributed by atoms with Gasteiger partial charge in [0.2, 0.25) is 0 Å². The molecular formula is C66H77BN2. The molecule has 0 unspecified atom stereocenters. The van der Waals surface area contributed by atoms with Crippen LogP contribution in [-0.4, -0.2) is 6.71 Å². The Morgan fingerprint density at radius 2 is 0.899 bits per heavy atom. The van der Waals surface area contributed by atoms with Crippen molar-refractivity contribution in [3.05, 3.63) is 147 Å². The van der Waals surface area contributed by atoms with Gasteiger partial charge >= 0.3 is 0 Å². The molecular weight excluding hydrogens is 832 g/mol. The van der Waals surface area contributed by atoms with Crippen LogP contribution in [0.1, 0.15) is 191 Å². The van der Waals surface area contributed by atoms with Crippen molar-refractivity contribution in [2.24, 2.45) is 0 Å². The molecule has 6 aliphatic rings. The molecule has 0 saturated heterocycles. The molecule has 354 valence electrons. The summed E-state index contributed by atoms with van der Waals surface area (Å²) in [7, 11) is 0. The third-order valence-electron chi connectivity index (χ3n) is 18.8. The van der Waals surface area contributed by atoms with E-state index in [4.69, 9.17) is 0 Å². The molecule has 2 nitrogen and oxygen atoms in total. The molecule has 6 aromatic rings. The molecule has 2 aliphatic heterocycles. The van der Waals surface area contributed by atoms with Gasteiger partial charge in [0.1, 0.15) is 0 Å². The first-order valence-electron chi connectivity index (χ1n) is 27.0. The minimum Gasteiger partial charge on any atom is -0.311 e. The Morgan fingerprint density at radius 1 is 0.420 bits per heavy atom. The SMILES string of the molecule is CC(C)(C)c1ccc(N2c3ccc(C(C)(C)C)cc3B3c4cc5c(cc4N(c4ccc6c(c4)C(C)(C)CCC6(C)C)c4cc(-c6c7c(cc8c6CCC8)CCC7)cc2c43)C(C)(C)CCC5(C)C)cc1. The second-order valence-electron chi connectivity index (χ2n) is 27.3. The average Bonchev–Trinajstić information content (AvgIpc) is 3.97. The van der Waals surface area contributed by atoms with E-state index in [1.54, 1.807) is 27.8 Å². The van der Waals surface area contributed by atoms with Gasteiger partial charge in [-0.1, -0.05) is 139 Å². The second-order valence-corrected chi connectivity index (χ2v) is 27.3. The van der Waals surface area contributed by atoms with Gasteiger partial charge in [-0.2, -0.15) is 0 Å². The predicted octanol–water partition coefficient (Wildman–Crippen LogP) is 15.7. The first-order valence-corrected chi connectivity index (χ1v) is 27.0. The van der Waals surface area contributed by atoms with E-state index in [1.807, 2.05) is 0 Å². The third kappa shape index (κ3) is 6.85. The maximum atomic E-state index is 2.78. The van der Waals surface area contributed by atoms with Gasteiger partial charge in [-0.25, -0.2) is 0 Å². The molecule has 0 bridgehead atoms. The van der Waals surface area contributed by atoms with E-state index in [1.165, 1.54) is 154 Å². The molecule has 69 heavy (non-hydrogen) atoms. The van der Waals surface area contributed by atoms with Crippen molar-refractivity contribution in [3.8, 4) is 11.1 Å². The van der Waals surface area contributed by atoms with Gasteiger partial charge in [0.15, 0.2) is 0 Å². The summed E-state index contributed by atoms with van der Waals surface area (Å²) < 4.78 is 0. The van der Waals surface area contributed by atoms with E-state index >= 15 is 0 Å². The lowest BCUT2D eigenvalue weighted by atomic mass is 9.33. The zero-order chi connectivity index (χ0) is 48.5. The zero-order valence-electron chi connectivity index (χ0n) is 44.7. The van der Waals surface area contributed by atoms with Crippen LogP contribution in [0.2, 0.25) is 0 Å². The Labute approximate surface area is 416 Å². The number of hydrogen-bond donors (Lipinski definition) is 0. The van der Waals surface area contributed by atoms with Gasteiger partial charge in [-0.05, 0) is 228 Å². The number of anilines is 6. The van der Waals surface area contributed by atoms with Gasteiger partial charge in [0, 0.05) is 34.1 Å². The quantitative estimate of drug-likeness (QED) is 0.163. The Morgan fingerprint density at radius 3 is 1.46 bits per heavy atom. The highest BCUT2D eigenvalue weighted by molar-refractivity contribution is 7.00. The van der Waals surface area contributed by atoms with E-state index in [2.05, 4.69) is 198 Å². The minimum absolute atomic E-state index is 0.00957. The van der Waals surface area contributed by atoms with Crippen LogP contribution >= 0.6 is 0 Å². The molecule has 0 N–H and O–H groups in total. The highest BCUT2D eigenvalue weighted by atomic mass is 15.2. The summed E-state index contributed by atoms with van der Waals surface area (Å²) in [6.45, 7) is 34.2. The Hall–Kier alpha value is -5.02. The van der Waals surface area contributed by atoms with Gasteiger partial charge in [-0.3, -0.25) is 0 Å². The fourth-order valence-corrected chi connectivity index (χ4v) is 14.2. The molecule has 0 saturated carbocycles. The number of hydrogen-bond acceptors (Lipinski definition) is 2. The summed E-state index contributed by atoms with van der Waals surface area (Å²) in [5.74, 6) is 0. The van der Waals surface area contributed by atoms with Crippen molar-refractivity contribution in [2.45, 2.75) is 194 Å². The lowest BCUT2D eigenvalue weighted by Crippen LogP contribution is -2.62. The summed E-state index contributed by atoms with van der Waals surface area (Å²) >= 11 is 0. The van der Waals surface area contributed by atoms with Crippen LogP contribution in [0.5, 0.6) is 0 Å². The number of benzene rings is 6. The molecule has 0 atom stereocenters. The topological polar surface area (TPSA) is 6.48 Å². The predicted molar refractivity (Wildman–Crippen MR) is 298 cm³/mol. The largest absolute Gasteiger partial charge is 0.311 e. The van der Waals surface area contributed by atoms with Crippen LogP contribution in [0.25, 0.3) is 11.1 Å². The molecule has 0 amide bonds.